The van der Waals surface area contributed by atoms with Crippen molar-refractivity contribution in [2.24, 2.45) is 0 Å². The summed E-state index contributed by atoms with van der Waals surface area (Å²) in [6, 6.07) is 4.34. The predicted octanol–water partition coefficient (Wildman–Crippen LogP) is 4.54. The normalized spacial score (nSPS) is 18.7. The molecule has 0 radical (unpaired) electrons. The molecule has 1 amide bonds. The van der Waals surface area contributed by atoms with Crippen LogP contribution in [0.2, 0.25) is 0 Å². The second-order valence-electron chi connectivity index (χ2n) is 8.79. The van der Waals surface area contributed by atoms with Gasteiger partial charge in [0.15, 0.2) is 0 Å². The number of carbonyl (C=O) groups excluding carboxylic acids is 1. The number of halogens is 1. The largest absolute Gasteiger partial charge is 2.00 e. The van der Waals surface area contributed by atoms with E-state index in [1.54, 1.807) is 11.0 Å². The van der Waals surface area contributed by atoms with Gasteiger partial charge in [-0.1, -0.05) is 53.8 Å². The minimum atomic E-state index is -1.47. The van der Waals surface area contributed by atoms with Gasteiger partial charge >= 0.3 is 17.1 Å². The molecule has 0 N–H and O–H groups in total. The first kappa shape index (κ1) is 26.2. The van der Waals surface area contributed by atoms with Crippen LogP contribution in [0.1, 0.15) is 42.9 Å². The van der Waals surface area contributed by atoms with Gasteiger partial charge in [0.25, 0.3) is 11.7 Å². The molecule has 3 heterocycles. The second kappa shape index (κ2) is 11.9. The molecule has 1 aromatic carbocycles. The van der Waals surface area contributed by atoms with Crippen molar-refractivity contribution in [2.45, 2.75) is 43.9 Å². The van der Waals surface area contributed by atoms with Gasteiger partial charge in [-0.2, -0.15) is 0 Å². The van der Waals surface area contributed by atoms with Crippen LogP contribution in [0.15, 0.2) is 73.0 Å². The number of allylic oxidation sites excluding steroid dienone is 8. The van der Waals surface area contributed by atoms with Gasteiger partial charge in [-0.05, 0) is 43.9 Å². The average molecular weight is 532 g/mol. The summed E-state index contributed by atoms with van der Waals surface area (Å²) in [5, 5.41) is 8.44. The zero-order valence-electron chi connectivity index (χ0n) is 19.9. The number of anilines is 1. The van der Waals surface area contributed by atoms with Gasteiger partial charge in [0.1, 0.15) is 5.82 Å². The fraction of sp³-hybridized carbons (Fsp3) is 0.370. The fourth-order valence-electron chi connectivity index (χ4n) is 4.64. The van der Waals surface area contributed by atoms with Crippen LogP contribution in [0, 0.1) is 5.82 Å². The Bertz CT molecular complexity index is 1160. The molecule has 1 saturated heterocycles. The molecule has 2 aliphatic carbocycles. The van der Waals surface area contributed by atoms with E-state index in [0.717, 1.165) is 37.9 Å². The van der Waals surface area contributed by atoms with Crippen LogP contribution >= 0.6 is 0 Å². The SMILES string of the molecule is C1=CCC=C1.O=C1N(CCCCCn2cc(C3C=CC=C3)nn2)c2ccc(F)cc2C12OCCO2.[Fe+2]. The summed E-state index contributed by atoms with van der Waals surface area (Å²) < 4.78 is 27.0. The zero-order valence-corrected chi connectivity index (χ0v) is 21.0. The van der Waals surface area contributed by atoms with Crippen LogP contribution < -0.4 is 4.90 Å². The second-order valence-corrected chi connectivity index (χ2v) is 8.79. The van der Waals surface area contributed by atoms with Crippen molar-refractivity contribution in [1.29, 1.82) is 0 Å². The molecular weight excluding hydrogens is 503 g/mol. The first-order valence-corrected chi connectivity index (χ1v) is 12.1. The Morgan fingerprint density at radius 3 is 2.42 bits per heavy atom. The maximum Gasteiger partial charge on any atom is 2.00 e. The number of rotatable bonds is 7. The third kappa shape index (κ3) is 5.44. The van der Waals surface area contributed by atoms with Gasteiger partial charge in [-0.3, -0.25) is 9.48 Å². The van der Waals surface area contributed by atoms with Gasteiger partial charge in [-0.15, -0.1) is 5.10 Å². The summed E-state index contributed by atoms with van der Waals surface area (Å²) in [7, 11) is 0. The molecule has 6 rings (SSSR count). The number of unbranched alkanes of at least 4 members (excludes halogenated alkanes) is 2. The van der Waals surface area contributed by atoms with E-state index in [4.69, 9.17) is 9.47 Å². The number of carbonyl (C=O) groups is 1. The van der Waals surface area contributed by atoms with Crippen LogP contribution in [0.25, 0.3) is 0 Å². The number of amides is 1. The molecule has 1 spiro atoms. The molecule has 1 fully saturated rings. The quantitative estimate of drug-likeness (QED) is 0.387. The Labute approximate surface area is 220 Å². The number of hydrogen-bond acceptors (Lipinski definition) is 5. The Morgan fingerprint density at radius 2 is 1.72 bits per heavy atom. The minimum Gasteiger partial charge on any atom is -0.336 e. The number of aryl methyl sites for hydroxylation is 1. The van der Waals surface area contributed by atoms with E-state index < -0.39 is 11.6 Å². The molecule has 188 valence electrons. The van der Waals surface area contributed by atoms with E-state index in [2.05, 4.69) is 46.8 Å². The van der Waals surface area contributed by atoms with E-state index in [1.165, 1.54) is 12.1 Å². The third-order valence-electron chi connectivity index (χ3n) is 6.39. The van der Waals surface area contributed by atoms with E-state index in [1.807, 2.05) is 23.0 Å². The summed E-state index contributed by atoms with van der Waals surface area (Å²) in [6.07, 6.45) is 22.4. The molecule has 0 bridgehead atoms. The molecule has 2 aliphatic heterocycles. The third-order valence-corrected chi connectivity index (χ3v) is 6.39. The molecule has 36 heavy (non-hydrogen) atoms. The molecule has 0 saturated carbocycles. The maximum atomic E-state index is 13.8. The number of hydrogen-bond donors (Lipinski definition) is 0. The van der Waals surface area contributed by atoms with Crippen LogP contribution in [-0.4, -0.2) is 40.7 Å². The van der Waals surface area contributed by atoms with Crippen molar-refractivity contribution in [1.82, 2.24) is 15.0 Å². The monoisotopic (exact) mass is 532 g/mol. The Hall–Kier alpha value is -2.84. The minimum absolute atomic E-state index is 0. The van der Waals surface area contributed by atoms with E-state index in [-0.39, 0.29) is 28.9 Å². The molecule has 0 atom stereocenters. The number of aromatic nitrogens is 3. The van der Waals surface area contributed by atoms with Crippen molar-refractivity contribution in [3.63, 3.8) is 0 Å². The van der Waals surface area contributed by atoms with Crippen LogP contribution in [0.4, 0.5) is 10.1 Å². The molecule has 9 heteroatoms. The summed E-state index contributed by atoms with van der Waals surface area (Å²) in [4.78, 5) is 14.7. The average Bonchev–Trinajstić information content (AvgIpc) is 3.70. The van der Waals surface area contributed by atoms with E-state index >= 15 is 0 Å². The zero-order chi connectivity index (χ0) is 24.1. The standard InChI is InChI=1S/C22H23FN4O3.C5H6.Fe/c23-17-8-9-20-18(14-17)22(29-12-13-30-22)21(28)27(20)11-5-1-4-10-26-15-19(24-25-26)16-6-2-3-7-16;1-2-4-5-3-1;/h2-3,6-9,14-16H,1,4-5,10-13H2;1-4H,5H2;/q;;+2. The number of benzene rings is 1. The van der Waals surface area contributed by atoms with Crippen LogP contribution in [0.3, 0.4) is 0 Å². The fourth-order valence-corrected chi connectivity index (χ4v) is 4.64. The van der Waals surface area contributed by atoms with Gasteiger partial charge in [0.05, 0.1) is 24.6 Å². The molecule has 2 aromatic rings. The van der Waals surface area contributed by atoms with Crippen molar-refractivity contribution in [2.75, 3.05) is 24.7 Å². The smallest absolute Gasteiger partial charge is 0.336 e. The Balaban J connectivity index is 0.000000455. The van der Waals surface area contributed by atoms with Gasteiger partial charge in [0.2, 0.25) is 0 Å². The van der Waals surface area contributed by atoms with Crippen molar-refractivity contribution in [3.05, 3.63) is 90.1 Å². The van der Waals surface area contributed by atoms with E-state index in [9.17, 15) is 9.18 Å². The summed E-state index contributed by atoms with van der Waals surface area (Å²) >= 11 is 0. The molecule has 1 aromatic heterocycles. The molecule has 4 aliphatic rings. The van der Waals surface area contributed by atoms with Crippen molar-refractivity contribution in [3.8, 4) is 0 Å². The molecule has 7 nitrogen and oxygen atoms in total. The summed E-state index contributed by atoms with van der Waals surface area (Å²) in [6.45, 7) is 1.95. The van der Waals surface area contributed by atoms with Gasteiger partial charge in [-0.25, -0.2) is 4.39 Å². The van der Waals surface area contributed by atoms with Crippen molar-refractivity contribution >= 4 is 11.6 Å². The molecular formula is C27H29FFeN4O3+2. The number of fused-ring (bicyclic) bond motifs is 2. The molecule has 0 unspecified atom stereocenters. The Morgan fingerprint density at radius 1 is 1.00 bits per heavy atom. The number of ether oxygens (including phenoxy) is 2. The van der Waals surface area contributed by atoms with Crippen LogP contribution in [-0.2, 0) is 43.7 Å². The van der Waals surface area contributed by atoms with Crippen LogP contribution in [0.5, 0.6) is 0 Å². The summed E-state index contributed by atoms with van der Waals surface area (Å²) in [5.41, 5.74) is 2.09. The van der Waals surface area contributed by atoms with Crippen molar-refractivity contribution < 1.29 is 35.7 Å². The predicted molar refractivity (Wildman–Crippen MR) is 130 cm³/mol. The van der Waals surface area contributed by atoms with E-state index in [0.29, 0.717) is 31.0 Å². The number of nitrogens with zero attached hydrogens (tertiary/aromatic N) is 4. The maximum absolute atomic E-state index is 13.8. The topological polar surface area (TPSA) is 69.5 Å². The Kier molecular flexibility index (Phi) is 8.69. The summed E-state index contributed by atoms with van der Waals surface area (Å²) in [5.74, 6) is -1.92. The first-order chi connectivity index (χ1) is 17.2. The first-order valence-electron chi connectivity index (χ1n) is 12.1. The van der Waals surface area contributed by atoms with Gasteiger partial charge in [0, 0.05) is 30.8 Å². The van der Waals surface area contributed by atoms with Gasteiger partial charge < -0.3 is 14.4 Å².